The molecule has 51 heavy (non-hydrogen) atoms. The molecule has 8 rings (SSSR count). The molecule has 4 aromatic carbocycles. The molecule has 0 saturated heterocycles. The predicted molar refractivity (Wildman–Crippen MR) is 221 cm³/mol. The number of nitrogens with one attached hydrogen (secondary N) is 4. The fourth-order valence-corrected chi connectivity index (χ4v) is 6.44. The van der Waals surface area contributed by atoms with Crippen LogP contribution in [0.5, 0.6) is 5.75 Å². The van der Waals surface area contributed by atoms with Gasteiger partial charge in [-0.25, -0.2) is 0 Å². The first-order valence-corrected chi connectivity index (χ1v) is 18.3. The van der Waals surface area contributed by atoms with Crippen LogP contribution in [0.2, 0.25) is 0 Å². The fraction of sp³-hybridized carbons (Fsp3) is 0.304. The Morgan fingerprint density at radius 3 is 1.59 bits per heavy atom. The summed E-state index contributed by atoms with van der Waals surface area (Å²) in [5.74, 6) is 3.23. The van der Waals surface area contributed by atoms with Gasteiger partial charge in [0.1, 0.15) is 5.75 Å². The molecule has 5 heteroatoms. The van der Waals surface area contributed by atoms with Crippen molar-refractivity contribution < 1.29 is 4.74 Å². The number of benzene rings is 4. The summed E-state index contributed by atoms with van der Waals surface area (Å²) < 4.78 is 5.21. The first-order valence-electron chi connectivity index (χ1n) is 18.3. The molecule has 0 amide bonds. The van der Waals surface area contributed by atoms with Crippen molar-refractivity contribution in [3.8, 4) is 5.75 Å². The van der Waals surface area contributed by atoms with E-state index < -0.39 is 0 Å². The molecule has 0 saturated carbocycles. The highest BCUT2D eigenvalue weighted by atomic mass is 16.5. The van der Waals surface area contributed by atoms with E-state index in [0.717, 1.165) is 5.75 Å². The molecule has 0 fully saturated rings. The summed E-state index contributed by atoms with van der Waals surface area (Å²) in [5, 5.41) is 5.29. The fourth-order valence-electron chi connectivity index (χ4n) is 6.44. The van der Waals surface area contributed by atoms with Gasteiger partial charge in [0.25, 0.3) is 0 Å². The molecule has 266 valence electrons. The number of H-pyrrole nitrogens is 4. The van der Waals surface area contributed by atoms with Crippen LogP contribution < -0.4 is 4.74 Å². The Balaban J connectivity index is 0.000000132. The summed E-state index contributed by atoms with van der Waals surface area (Å²) in [6.45, 7) is 19.8. The normalized spacial score (nSPS) is 11.3. The number of methoxy groups -OCH3 is 1. The average molecular weight is 681 g/mol. The van der Waals surface area contributed by atoms with Gasteiger partial charge in [-0.05, 0) is 101 Å². The van der Waals surface area contributed by atoms with E-state index in [9.17, 15) is 0 Å². The van der Waals surface area contributed by atoms with Crippen molar-refractivity contribution in [3.63, 3.8) is 0 Å². The molecule has 0 unspecified atom stereocenters. The molecule has 4 N–H and O–H groups in total. The van der Waals surface area contributed by atoms with Gasteiger partial charge in [0.15, 0.2) is 0 Å². The van der Waals surface area contributed by atoms with Crippen LogP contribution in [0.1, 0.15) is 107 Å². The summed E-state index contributed by atoms with van der Waals surface area (Å²) in [7, 11) is 1.70. The molecule has 0 spiro atoms. The van der Waals surface area contributed by atoms with Crippen LogP contribution in [0.25, 0.3) is 43.6 Å². The highest BCUT2D eigenvalue weighted by molar-refractivity contribution is 5.86. The van der Waals surface area contributed by atoms with Crippen LogP contribution >= 0.6 is 0 Å². The van der Waals surface area contributed by atoms with Crippen LogP contribution in [0.15, 0.2) is 110 Å². The topological polar surface area (TPSA) is 72.4 Å². The second kappa shape index (κ2) is 16.7. The molecular formula is C46H56N4O. The zero-order chi connectivity index (χ0) is 36.7. The Morgan fingerprint density at radius 1 is 0.471 bits per heavy atom. The van der Waals surface area contributed by atoms with Crippen molar-refractivity contribution in [3.05, 3.63) is 138 Å². The molecular weight excluding hydrogens is 625 g/mol. The predicted octanol–water partition coefficient (Wildman–Crippen LogP) is 13.5. The van der Waals surface area contributed by atoms with Gasteiger partial charge in [0, 0.05) is 62.5 Å². The van der Waals surface area contributed by atoms with Gasteiger partial charge < -0.3 is 24.7 Å². The maximum absolute atomic E-state index is 5.21. The Kier molecular flexibility index (Phi) is 12.1. The molecule has 8 aromatic rings. The lowest BCUT2D eigenvalue weighted by Gasteiger charge is -2.03. The van der Waals surface area contributed by atoms with Crippen molar-refractivity contribution in [2.45, 2.75) is 86.0 Å². The lowest BCUT2D eigenvalue weighted by molar-refractivity contribution is 0.415. The standard InChI is InChI=1S/C12H15NO.C12H15N.2C11H13N/c1-8(2)11-7-13-12-5-4-9(14-3)6-10(11)12;1-8(2)11-7-13-12-6-9(3)4-5-10(11)12;1-8(2)10-7-12-11-6-4-3-5-9(10)11;1-8(2)11-7-9-5-3-4-6-10(9)12-11/h4-8,13H,1-3H3;4-8,13H,1-3H3;2*3-8,12H,1-2H3. The van der Waals surface area contributed by atoms with Gasteiger partial charge in [0.05, 0.1) is 7.11 Å². The molecule has 0 radical (unpaired) electrons. The van der Waals surface area contributed by atoms with Crippen LogP contribution in [-0.4, -0.2) is 27.0 Å². The van der Waals surface area contributed by atoms with E-state index in [4.69, 9.17) is 4.74 Å². The van der Waals surface area contributed by atoms with E-state index in [1.165, 1.54) is 71.6 Å². The first kappa shape index (κ1) is 37.1. The van der Waals surface area contributed by atoms with Crippen LogP contribution in [0.3, 0.4) is 0 Å². The van der Waals surface area contributed by atoms with E-state index in [-0.39, 0.29) is 0 Å². The van der Waals surface area contributed by atoms with E-state index in [0.29, 0.717) is 23.7 Å². The van der Waals surface area contributed by atoms with Gasteiger partial charge >= 0.3 is 0 Å². The minimum absolute atomic E-state index is 0.538. The van der Waals surface area contributed by atoms with E-state index in [1.54, 1.807) is 7.11 Å². The number of ether oxygens (including phenoxy) is 1. The molecule has 4 heterocycles. The lowest BCUT2D eigenvalue weighted by Crippen LogP contribution is -1.85. The zero-order valence-electron chi connectivity index (χ0n) is 32.1. The van der Waals surface area contributed by atoms with Crippen LogP contribution in [0.4, 0.5) is 0 Å². The number of aromatic amines is 4. The molecule has 5 nitrogen and oxygen atoms in total. The maximum Gasteiger partial charge on any atom is 0.119 e. The summed E-state index contributed by atoms with van der Waals surface area (Å²) in [6.07, 6.45) is 6.30. The van der Waals surface area contributed by atoms with E-state index in [1.807, 2.05) is 6.07 Å². The van der Waals surface area contributed by atoms with Gasteiger partial charge in [-0.1, -0.05) is 104 Å². The summed E-state index contributed by atoms with van der Waals surface area (Å²) in [5.41, 5.74) is 11.7. The molecule has 0 aliphatic rings. The minimum atomic E-state index is 0.538. The van der Waals surface area contributed by atoms with Crippen molar-refractivity contribution >= 4 is 43.6 Å². The molecule has 0 aliphatic carbocycles. The van der Waals surface area contributed by atoms with Gasteiger partial charge in [0.2, 0.25) is 0 Å². The SMILES string of the molecule is CC(C)c1c[nH]c2ccccc12.CC(C)c1cc2ccccc2[nH]1.COc1ccc2[nH]cc(C(C)C)c2c1.Cc1ccc2c(C(C)C)c[nH]c2c1. The first-order chi connectivity index (χ1) is 24.5. The third kappa shape index (κ3) is 8.96. The Hall–Kier alpha value is -5.16. The monoisotopic (exact) mass is 680 g/mol. The van der Waals surface area contributed by atoms with E-state index in [2.05, 4.69) is 186 Å². The minimum Gasteiger partial charge on any atom is -0.497 e. The van der Waals surface area contributed by atoms with Crippen LogP contribution in [-0.2, 0) is 0 Å². The molecule has 4 aromatic heterocycles. The Labute approximate surface area is 303 Å². The largest absolute Gasteiger partial charge is 0.497 e. The highest BCUT2D eigenvalue weighted by Gasteiger charge is 2.09. The number of fused-ring (bicyclic) bond motifs is 4. The lowest BCUT2D eigenvalue weighted by atomic mass is 10.0. The molecule has 0 bridgehead atoms. The van der Waals surface area contributed by atoms with Crippen molar-refractivity contribution in [2.24, 2.45) is 0 Å². The van der Waals surface area contributed by atoms with Crippen LogP contribution in [0, 0.1) is 6.92 Å². The highest BCUT2D eigenvalue weighted by Crippen LogP contribution is 2.29. The third-order valence-electron chi connectivity index (χ3n) is 9.45. The number of hydrogen-bond acceptors (Lipinski definition) is 1. The summed E-state index contributed by atoms with van der Waals surface area (Å²) >= 11 is 0. The van der Waals surface area contributed by atoms with Gasteiger partial charge in [-0.3, -0.25) is 0 Å². The Bertz CT molecular complexity index is 2250. The summed E-state index contributed by atoms with van der Waals surface area (Å²) in [6, 6.07) is 31.7. The van der Waals surface area contributed by atoms with Gasteiger partial charge in [-0.2, -0.15) is 0 Å². The second-order valence-corrected chi connectivity index (χ2v) is 14.7. The Morgan fingerprint density at radius 2 is 1.00 bits per heavy atom. The van der Waals surface area contributed by atoms with Gasteiger partial charge in [-0.15, -0.1) is 0 Å². The quantitative estimate of drug-likeness (QED) is 0.144. The molecule has 0 aliphatic heterocycles. The van der Waals surface area contributed by atoms with Crippen molar-refractivity contribution in [1.82, 2.24) is 19.9 Å². The number of aromatic nitrogens is 4. The van der Waals surface area contributed by atoms with E-state index >= 15 is 0 Å². The second-order valence-electron chi connectivity index (χ2n) is 14.7. The smallest absolute Gasteiger partial charge is 0.119 e. The number of para-hydroxylation sites is 2. The summed E-state index contributed by atoms with van der Waals surface area (Å²) in [4.78, 5) is 13.2. The number of aryl methyl sites for hydroxylation is 1. The van der Waals surface area contributed by atoms with Crippen molar-refractivity contribution in [2.75, 3.05) is 7.11 Å². The number of hydrogen-bond donors (Lipinski definition) is 4. The third-order valence-corrected chi connectivity index (χ3v) is 9.45. The number of rotatable bonds is 5. The zero-order valence-corrected chi connectivity index (χ0v) is 32.1. The molecule has 0 atom stereocenters. The maximum atomic E-state index is 5.21. The van der Waals surface area contributed by atoms with Crippen molar-refractivity contribution in [1.29, 1.82) is 0 Å². The average Bonchev–Trinajstić information content (AvgIpc) is 3.92.